The van der Waals surface area contributed by atoms with Crippen molar-refractivity contribution in [1.29, 1.82) is 0 Å². The molecule has 1 N–H and O–H groups in total. The van der Waals surface area contributed by atoms with Gasteiger partial charge in [-0.2, -0.15) is 0 Å². The van der Waals surface area contributed by atoms with Gasteiger partial charge in [-0.15, -0.1) is 0 Å². The topological polar surface area (TPSA) is 20.2 Å². The van der Waals surface area contributed by atoms with Crippen LogP contribution in [0.25, 0.3) is 0 Å². The van der Waals surface area contributed by atoms with Crippen LogP contribution in [0.15, 0.2) is 18.2 Å². The average Bonchev–Trinajstić information content (AvgIpc) is 2.92. The van der Waals surface area contributed by atoms with Gasteiger partial charge in [0.1, 0.15) is 0 Å². The van der Waals surface area contributed by atoms with Crippen LogP contribution in [0.4, 0.5) is 0 Å². The van der Waals surface area contributed by atoms with E-state index in [2.05, 4.69) is 0 Å². The van der Waals surface area contributed by atoms with E-state index in [1.807, 2.05) is 32.0 Å². The smallest absolute Gasteiger partial charge is 0.0899 e. The first-order chi connectivity index (χ1) is 6.53. The zero-order valence-corrected chi connectivity index (χ0v) is 9.30. The van der Waals surface area contributed by atoms with Gasteiger partial charge in [-0.05, 0) is 49.8 Å². The third-order valence-corrected chi connectivity index (χ3v) is 3.59. The van der Waals surface area contributed by atoms with Crippen molar-refractivity contribution in [2.75, 3.05) is 0 Å². The van der Waals surface area contributed by atoms with Crippen LogP contribution in [0.2, 0.25) is 5.02 Å². The van der Waals surface area contributed by atoms with E-state index < -0.39 is 5.60 Å². The summed E-state index contributed by atoms with van der Waals surface area (Å²) in [5.41, 5.74) is 1.29. The molecule has 0 bridgehead atoms. The van der Waals surface area contributed by atoms with Crippen LogP contribution in [0.1, 0.15) is 30.9 Å². The summed E-state index contributed by atoms with van der Waals surface area (Å²) in [5.74, 6) is 0.416. The maximum Gasteiger partial charge on any atom is 0.0899 e. The van der Waals surface area contributed by atoms with Crippen molar-refractivity contribution in [1.82, 2.24) is 0 Å². The van der Waals surface area contributed by atoms with E-state index >= 15 is 0 Å². The molecule has 0 amide bonds. The fourth-order valence-corrected chi connectivity index (χ4v) is 2.20. The summed E-state index contributed by atoms with van der Waals surface area (Å²) in [6.07, 6.45) is 2.25. The lowest BCUT2D eigenvalue weighted by molar-refractivity contribution is 0.0325. The first-order valence-corrected chi connectivity index (χ1v) is 5.39. The predicted octanol–water partition coefficient (Wildman–Crippen LogP) is 3.27. The Kier molecular flexibility index (Phi) is 2.32. The van der Waals surface area contributed by atoms with Gasteiger partial charge in [-0.3, -0.25) is 0 Å². The Morgan fingerprint density at radius 2 is 2.07 bits per heavy atom. The minimum Gasteiger partial charge on any atom is -0.385 e. The molecule has 0 heterocycles. The Bertz CT molecular complexity index is 353. The summed E-state index contributed by atoms with van der Waals surface area (Å²) < 4.78 is 0. The first-order valence-electron chi connectivity index (χ1n) is 5.01. The van der Waals surface area contributed by atoms with E-state index in [0.717, 1.165) is 29.0 Å². The minimum absolute atomic E-state index is 0.416. The Balaban J connectivity index is 2.44. The quantitative estimate of drug-likeness (QED) is 0.795. The van der Waals surface area contributed by atoms with Crippen LogP contribution in [0, 0.1) is 12.8 Å². The van der Waals surface area contributed by atoms with Crippen LogP contribution >= 0.6 is 11.6 Å². The van der Waals surface area contributed by atoms with E-state index in [9.17, 15) is 5.11 Å². The number of hydrogen-bond donors (Lipinski definition) is 1. The Morgan fingerprint density at radius 3 is 2.64 bits per heavy atom. The molecule has 1 saturated carbocycles. The fraction of sp³-hybridized carbons (Fsp3) is 0.500. The molecular weight excluding hydrogens is 196 g/mol. The van der Waals surface area contributed by atoms with Crippen molar-refractivity contribution in [3.8, 4) is 0 Å². The van der Waals surface area contributed by atoms with Gasteiger partial charge in [0.05, 0.1) is 5.60 Å². The summed E-state index contributed by atoms with van der Waals surface area (Å²) >= 11 is 6.03. The number of rotatable bonds is 2. The monoisotopic (exact) mass is 210 g/mol. The molecule has 0 aliphatic heterocycles. The van der Waals surface area contributed by atoms with Crippen LogP contribution < -0.4 is 0 Å². The highest BCUT2D eigenvalue weighted by Gasteiger charge is 2.41. The van der Waals surface area contributed by atoms with Gasteiger partial charge in [-0.25, -0.2) is 0 Å². The van der Waals surface area contributed by atoms with E-state index in [-0.39, 0.29) is 0 Å². The molecule has 1 fully saturated rings. The second kappa shape index (κ2) is 3.25. The van der Waals surface area contributed by atoms with Gasteiger partial charge < -0.3 is 5.11 Å². The molecule has 1 aliphatic carbocycles. The van der Waals surface area contributed by atoms with E-state index in [1.165, 1.54) is 0 Å². The summed E-state index contributed by atoms with van der Waals surface area (Å²) in [7, 11) is 0. The zero-order valence-electron chi connectivity index (χ0n) is 8.55. The lowest BCUT2D eigenvalue weighted by atomic mass is 9.88. The van der Waals surface area contributed by atoms with Gasteiger partial charge in [0.2, 0.25) is 0 Å². The molecule has 0 radical (unpaired) electrons. The Labute approximate surface area is 89.7 Å². The summed E-state index contributed by atoms with van der Waals surface area (Å²) in [4.78, 5) is 0. The van der Waals surface area contributed by atoms with Crippen molar-refractivity contribution < 1.29 is 5.11 Å². The molecule has 1 nitrogen and oxygen atoms in total. The third kappa shape index (κ3) is 1.55. The van der Waals surface area contributed by atoms with Gasteiger partial charge >= 0.3 is 0 Å². The van der Waals surface area contributed by atoms with E-state index in [0.29, 0.717) is 5.92 Å². The molecule has 1 aromatic carbocycles. The number of halogens is 1. The highest BCUT2D eigenvalue weighted by molar-refractivity contribution is 6.31. The van der Waals surface area contributed by atoms with Crippen LogP contribution in [0.5, 0.6) is 0 Å². The summed E-state index contributed by atoms with van der Waals surface area (Å²) in [5, 5.41) is 11.1. The van der Waals surface area contributed by atoms with Crippen LogP contribution in [0.3, 0.4) is 0 Å². The number of benzene rings is 1. The van der Waals surface area contributed by atoms with Gasteiger partial charge in [0.25, 0.3) is 0 Å². The van der Waals surface area contributed by atoms with E-state index in [4.69, 9.17) is 11.6 Å². The average molecular weight is 211 g/mol. The van der Waals surface area contributed by atoms with Crippen molar-refractivity contribution >= 4 is 11.6 Å². The summed E-state index contributed by atoms with van der Waals surface area (Å²) in [6, 6.07) is 5.74. The maximum atomic E-state index is 10.4. The lowest BCUT2D eigenvalue weighted by Gasteiger charge is -2.25. The molecule has 0 aromatic heterocycles. The number of hydrogen-bond acceptors (Lipinski definition) is 1. The second-order valence-electron chi connectivity index (χ2n) is 4.33. The molecule has 14 heavy (non-hydrogen) atoms. The standard InChI is InChI=1S/C12H15ClO/c1-8-10(4-3-5-11(8)13)12(2,14)9-6-7-9/h3-5,9,14H,6-7H2,1-2H3/t12-/m1/s1. The van der Waals surface area contributed by atoms with E-state index in [1.54, 1.807) is 0 Å². The van der Waals surface area contributed by atoms with Crippen LogP contribution in [-0.4, -0.2) is 5.11 Å². The molecule has 1 aromatic rings. The molecule has 1 aliphatic rings. The molecule has 1 atom stereocenters. The Hall–Kier alpha value is -0.530. The van der Waals surface area contributed by atoms with Gasteiger partial charge in [0.15, 0.2) is 0 Å². The fourth-order valence-electron chi connectivity index (χ4n) is 2.02. The van der Waals surface area contributed by atoms with Crippen molar-refractivity contribution in [2.24, 2.45) is 5.92 Å². The minimum atomic E-state index is -0.699. The molecule has 2 heteroatoms. The van der Waals surface area contributed by atoms with Crippen molar-refractivity contribution in [2.45, 2.75) is 32.3 Å². The zero-order chi connectivity index (χ0) is 10.3. The van der Waals surface area contributed by atoms with Gasteiger partial charge in [0, 0.05) is 5.02 Å². The largest absolute Gasteiger partial charge is 0.385 e. The van der Waals surface area contributed by atoms with Crippen LogP contribution in [-0.2, 0) is 5.60 Å². The second-order valence-corrected chi connectivity index (χ2v) is 4.74. The molecular formula is C12H15ClO. The Morgan fingerprint density at radius 1 is 1.43 bits per heavy atom. The number of aliphatic hydroxyl groups is 1. The lowest BCUT2D eigenvalue weighted by Crippen LogP contribution is -2.24. The normalized spacial score (nSPS) is 20.6. The highest BCUT2D eigenvalue weighted by Crippen LogP contribution is 2.46. The van der Waals surface area contributed by atoms with Crippen molar-refractivity contribution in [3.05, 3.63) is 34.3 Å². The third-order valence-electron chi connectivity index (χ3n) is 3.19. The molecule has 2 rings (SSSR count). The molecule has 0 spiro atoms. The molecule has 0 unspecified atom stereocenters. The van der Waals surface area contributed by atoms with Gasteiger partial charge in [-0.1, -0.05) is 23.7 Å². The summed E-state index contributed by atoms with van der Waals surface area (Å²) in [6.45, 7) is 3.86. The first kappa shape index (κ1) is 10.0. The maximum absolute atomic E-state index is 10.4. The van der Waals surface area contributed by atoms with Crippen molar-refractivity contribution in [3.63, 3.8) is 0 Å². The SMILES string of the molecule is Cc1c(Cl)cccc1[C@](C)(O)C1CC1. The predicted molar refractivity (Wildman–Crippen MR) is 58.5 cm³/mol. The molecule has 76 valence electrons. The molecule has 0 saturated heterocycles. The highest BCUT2D eigenvalue weighted by atomic mass is 35.5.